The molecule has 1 N–H and O–H groups in total. The van der Waals surface area contributed by atoms with Gasteiger partial charge in [0.15, 0.2) is 0 Å². The van der Waals surface area contributed by atoms with Crippen LogP contribution in [0.4, 0.5) is 0 Å². The third-order valence-corrected chi connectivity index (χ3v) is 6.10. The fourth-order valence-corrected chi connectivity index (χ4v) is 4.50. The van der Waals surface area contributed by atoms with E-state index in [1.165, 1.54) is 22.2 Å². The number of amides is 1. The van der Waals surface area contributed by atoms with Crippen LogP contribution in [0, 0.1) is 0 Å². The Labute approximate surface area is 179 Å². The Kier molecular flexibility index (Phi) is 6.05. The van der Waals surface area contributed by atoms with Crippen LogP contribution in [0.5, 0.6) is 0 Å². The maximum atomic E-state index is 12.9. The highest BCUT2D eigenvalue weighted by atomic mass is 32.1. The molecule has 4 aromatic rings. The van der Waals surface area contributed by atoms with Gasteiger partial charge in [0, 0.05) is 4.88 Å². The van der Waals surface area contributed by atoms with Crippen LogP contribution in [0.1, 0.15) is 31.4 Å². The second-order valence-electron chi connectivity index (χ2n) is 7.19. The fourth-order valence-electron chi connectivity index (χ4n) is 3.51. The monoisotopic (exact) mass is 417 g/mol. The van der Waals surface area contributed by atoms with Gasteiger partial charge in [-0.05, 0) is 23.6 Å². The van der Waals surface area contributed by atoms with Crippen molar-refractivity contribution in [3.63, 3.8) is 0 Å². The van der Waals surface area contributed by atoms with Crippen molar-refractivity contribution >= 4 is 27.5 Å². The minimum Gasteiger partial charge on any atom is -0.348 e. The lowest BCUT2D eigenvalue weighted by molar-refractivity contribution is -0.122. The number of carbonyl (C=O) groups is 1. The van der Waals surface area contributed by atoms with Crippen LogP contribution in [0.2, 0.25) is 0 Å². The van der Waals surface area contributed by atoms with Gasteiger partial charge < -0.3 is 5.32 Å². The Morgan fingerprint density at radius 2 is 1.80 bits per heavy atom. The minimum absolute atomic E-state index is 0.0503. The first-order valence-corrected chi connectivity index (χ1v) is 10.9. The Morgan fingerprint density at radius 3 is 2.50 bits per heavy atom. The van der Waals surface area contributed by atoms with E-state index in [0.717, 1.165) is 28.8 Å². The fraction of sp³-hybridized carbons (Fsp3) is 0.208. The van der Waals surface area contributed by atoms with Crippen LogP contribution in [0.15, 0.2) is 77.9 Å². The molecule has 0 unspecified atom stereocenters. The molecule has 2 aromatic carbocycles. The summed E-state index contributed by atoms with van der Waals surface area (Å²) < 4.78 is 1.38. The largest absolute Gasteiger partial charge is 0.348 e. The first-order valence-electron chi connectivity index (χ1n) is 10.0. The van der Waals surface area contributed by atoms with Crippen molar-refractivity contribution < 1.29 is 4.79 Å². The van der Waals surface area contributed by atoms with Gasteiger partial charge in [-0.25, -0.2) is 4.98 Å². The van der Waals surface area contributed by atoms with E-state index in [0.29, 0.717) is 10.2 Å². The number of nitrogens with one attached hydrogen (secondary N) is 1. The maximum absolute atomic E-state index is 12.9. The van der Waals surface area contributed by atoms with Crippen LogP contribution in [0.25, 0.3) is 20.7 Å². The predicted molar refractivity (Wildman–Crippen MR) is 122 cm³/mol. The number of carbonyl (C=O) groups excluding carboxylic acids is 1. The summed E-state index contributed by atoms with van der Waals surface area (Å²) in [5, 5.41) is 3.61. The number of fused-ring (bicyclic) bond motifs is 1. The van der Waals surface area contributed by atoms with Gasteiger partial charge in [-0.1, -0.05) is 74.0 Å². The van der Waals surface area contributed by atoms with Gasteiger partial charge in [-0.15, -0.1) is 11.3 Å². The average molecular weight is 418 g/mol. The summed E-state index contributed by atoms with van der Waals surface area (Å²) in [6.07, 6.45) is 3.25. The average Bonchev–Trinajstić information content (AvgIpc) is 3.22. The molecule has 1 amide bonds. The van der Waals surface area contributed by atoms with Gasteiger partial charge in [-0.3, -0.25) is 14.2 Å². The molecular formula is C24H23N3O2S. The van der Waals surface area contributed by atoms with Crippen LogP contribution in [-0.2, 0) is 11.3 Å². The van der Waals surface area contributed by atoms with Crippen molar-refractivity contribution in [1.82, 2.24) is 14.9 Å². The SMILES string of the molecule is CCC[C@@H](NC(=O)Cn1cnc2sc(-c3ccccc3)cc2c1=O)c1ccccc1. The van der Waals surface area contributed by atoms with Crippen LogP contribution in [0.3, 0.4) is 0 Å². The van der Waals surface area contributed by atoms with Gasteiger partial charge in [0.05, 0.1) is 17.8 Å². The van der Waals surface area contributed by atoms with E-state index in [1.54, 1.807) is 0 Å². The molecule has 0 saturated heterocycles. The number of nitrogens with zero attached hydrogens (tertiary/aromatic N) is 2. The molecule has 0 radical (unpaired) electrons. The molecule has 30 heavy (non-hydrogen) atoms. The molecule has 6 heteroatoms. The minimum atomic E-state index is -0.195. The molecule has 4 rings (SSSR count). The predicted octanol–water partition coefficient (Wildman–Crippen LogP) is 4.78. The number of aromatic nitrogens is 2. The second-order valence-corrected chi connectivity index (χ2v) is 8.22. The quantitative estimate of drug-likeness (QED) is 0.471. The smallest absolute Gasteiger partial charge is 0.262 e. The van der Waals surface area contributed by atoms with Crippen LogP contribution < -0.4 is 10.9 Å². The Bertz CT molecular complexity index is 1200. The van der Waals surface area contributed by atoms with Gasteiger partial charge >= 0.3 is 0 Å². The Balaban J connectivity index is 1.55. The van der Waals surface area contributed by atoms with Gasteiger partial charge in [-0.2, -0.15) is 0 Å². The highest BCUT2D eigenvalue weighted by Gasteiger charge is 2.16. The highest BCUT2D eigenvalue weighted by molar-refractivity contribution is 7.21. The molecular weight excluding hydrogens is 394 g/mol. The first kappa shape index (κ1) is 20.0. The van der Waals surface area contributed by atoms with E-state index < -0.39 is 0 Å². The number of thiophene rings is 1. The zero-order chi connectivity index (χ0) is 20.9. The summed E-state index contributed by atoms with van der Waals surface area (Å²) >= 11 is 1.48. The van der Waals surface area contributed by atoms with Crippen molar-refractivity contribution in [1.29, 1.82) is 0 Å². The third-order valence-electron chi connectivity index (χ3n) is 5.00. The van der Waals surface area contributed by atoms with Crippen molar-refractivity contribution in [2.75, 3.05) is 0 Å². The molecule has 2 heterocycles. The van der Waals surface area contributed by atoms with Crippen molar-refractivity contribution in [3.05, 3.63) is 89.0 Å². The van der Waals surface area contributed by atoms with Gasteiger partial charge in [0.2, 0.25) is 5.91 Å². The van der Waals surface area contributed by atoms with E-state index in [4.69, 9.17) is 0 Å². The molecule has 5 nitrogen and oxygen atoms in total. The third kappa shape index (κ3) is 4.33. The van der Waals surface area contributed by atoms with E-state index in [2.05, 4.69) is 17.2 Å². The lowest BCUT2D eigenvalue weighted by Crippen LogP contribution is -2.34. The second kappa shape index (κ2) is 9.05. The summed E-state index contributed by atoms with van der Waals surface area (Å²) in [6, 6.07) is 21.6. The molecule has 1 atom stereocenters. The van der Waals surface area contributed by atoms with Gasteiger partial charge in [0.1, 0.15) is 11.4 Å². The van der Waals surface area contributed by atoms with Crippen molar-refractivity contribution in [2.24, 2.45) is 0 Å². The normalized spacial score (nSPS) is 12.0. The number of hydrogen-bond donors (Lipinski definition) is 1. The van der Waals surface area contributed by atoms with Crippen molar-refractivity contribution in [3.8, 4) is 10.4 Å². The Morgan fingerprint density at radius 1 is 1.10 bits per heavy atom. The Hall–Kier alpha value is -3.25. The standard InChI is InChI=1S/C24H23N3O2S/c1-2-9-20(17-10-5-3-6-11-17)26-22(28)15-27-16-25-23-19(24(27)29)14-21(30-23)18-12-7-4-8-13-18/h3-8,10-14,16,20H,2,9,15H2,1H3,(H,26,28)/t20-/m1/s1. The molecule has 0 aliphatic heterocycles. The lowest BCUT2D eigenvalue weighted by Gasteiger charge is -2.19. The summed E-state index contributed by atoms with van der Waals surface area (Å²) in [6.45, 7) is 2.04. The first-order chi connectivity index (χ1) is 14.7. The molecule has 2 aromatic heterocycles. The molecule has 0 aliphatic carbocycles. The van der Waals surface area contributed by atoms with E-state index in [-0.39, 0.29) is 24.1 Å². The topological polar surface area (TPSA) is 64.0 Å². The number of rotatable bonds is 7. The molecule has 152 valence electrons. The van der Waals surface area contributed by atoms with Crippen molar-refractivity contribution in [2.45, 2.75) is 32.4 Å². The molecule has 0 bridgehead atoms. The molecule has 0 fully saturated rings. The van der Waals surface area contributed by atoms with E-state index in [1.807, 2.05) is 66.7 Å². The summed E-state index contributed by atoms with van der Waals surface area (Å²) in [7, 11) is 0. The zero-order valence-corrected chi connectivity index (χ0v) is 17.6. The van der Waals surface area contributed by atoms with E-state index in [9.17, 15) is 9.59 Å². The zero-order valence-electron chi connectivity index (χ0n) is 16.7. The number of hydrogen-bond acceptors (Lipinski definition) is 4. The molecule has 0 spiro atoms. The lowest BCUT2D eigenvalue weighted by atomic mass is 10.0. The van der Waals surface area contributed by atoms with Crippen LogP contribution in [-0.4, -0.2) is 15.5 Å². The van der Waals surface area contributed by atoms with Crippen LogP contribution >= 0.6 is 11.3 Å². The maximum Gasteiger partial charge on any atom is 0.262 e. The summed E-state index contributed by atoms with van der Waals surface area (Å²) in [5.41, 5.74) is 1.92. The number of benzene rings is 2. The summed E-state index contributed by atoms with van der Waals surface area (Å²) in [4.78, 5) is 31.7. The van der Waals surface area contributed by atoms with Gasteiger partial charge in [0.25, 0.3) is 5.56 Å². The molecule has 0 saturated carbocycles. The highest BCUT2D eigenvalue weighted by Crippen LogP contribution is 2.30. The summed E-state index contributed by atoms with van der Waals surface area (Å²) in [5.74, 6) is -0.195. The van der Waals surface area contributed by atoms with E-state index >= 15 is 0 Å². The molecule has 0 aliphatic rings.